The van der Waals surface area contributed by atoms with E-state index >= 15 is 0 Å². The first-order valence-electron chi connectivity index (χ1n) is 7.54. The molecular formula is C16H20ClN3O2S. The average molecular weight is 354 g/mol. The molecule has 0 saturated heterocycles. The summed E-state index contributed by atoms with van der Waals surface area (Å²) < 4.78 is 0. The number of hydrogen-bond donors (Lipinski definition) is 1. The van der Waals surface area contributed by atoms with E-state index in [4.69, 9.17) is 11.6 Å². The van der Waals surface area contributed by atoms with Gasteiger partial charge < -0.3 is 10.2 Å². The number of thioether (sulfide) groups is 1. The molecule has 0 aliphatic carbocycles. The molecule has 1 atom stereocenters. The number of benzene rings is 1. The van der Waals surface area contributed by atoms with Crippen molar-refractivity contribution in [1.82, 2.24) is 4.90 Å². The van der Waals surface area contributed by atoms with Crippen LogP contribution < -0.4 is 5.32 Å². The fraction of sp³-hybridized carbons (Fsp3) is 0.438. The number of aryl methyl sites for hydroxylation is 1. The zero-order chi connectivity index (χ0) is 17.0. The standard InChI is InChI=1S/C16H20ClN3O2S/c1-4-20(5-2)16-19-15(22)13(23-16)9-14(21)18-11-7-6-10(3)12(17)8-11/h6-8,13H,4-5,9H2,1-3H3,(H,18,21)/t13-/m0/s1. The van der Waals surface area contributed by atoms with E-state index in [1.807, 2.05) is 31.7 Å². The van der Waals surface area contributed by atoms with Crippen LogP contribution in [0.4, 0.5) is 5.69 Å². The van der Waals surface area contributed by atoms with Gasteiger partial charge in [0.2, 0.25) is 5.91 Å². The number of halogens is 1. The Hall–Kier alpha value is -1.53. The molecule has 0 unspecified atom stereocenters. The minimum atomic E-state index is -0.452. The summed E-state index contributed by atoms with van der Waals surface area (Å²) in [4.78, 5) is 30.2. The summed E-state index contributed by atoms with van der Waals surface area (Å²) in [7, 11) is 0. The van der Waals surface area contributed by atoms with E-state index in [0.717, 1.165) is 18.7 Å². The van der Waals surface area contributed by atoms with Crippen molar-refractivity contribution >= 4 is 46.0 Å². The molecule has 1 heterocycles. The fourth-order valence-corrected chi connectivity index (χ4v) is 3.56. The molecule has 0 aromatic heterocycles. The Bertz CT molecular complexity index is 644. The number of nitrogens with one attached hydrogen (secondary N) is 1. The minimum absolute atomic E-state index is 0.100. The maximum absolute atomic E-state index is 12.1. The van der Waals surface area contributed by atoms with Gasteiger partial charge in [0.1, 0.15) is 5.25 Å². The molecule has 2 rings (SSSR count). The van der Waals surface area contributed by atoms with Crippen LogP contribution in [0.25, 0.3) is 0 Å². The van der Waals surface area contributed by atoms with Gasteiger partial charge in [-0.05, 0) is 38.5 Å². The molecule has 23 heavy (non-hydrogen) atoms. The molecule has 5 nitrogen and oxygen atoms in total. The summed E-state index contributed by atoms with van der Waals surface area (Å²) in [5.74, 6) is -0.458. The van der Waals surface area contributed by atoms with Gasteiger partial charge in [-0.2, -0.15) is 4.99 Å². The number of carbonyl (C=O) groups is 2. The van der Waals surface area contributed by atoms with Crippen LogP contribution in [0.5, 0.6) is 0 Å². The highest BCUT2D eigenvalue weighted by molar-refractivity contribution is 8.15. The van der Waals surface area contributed by atoms with Crippen molar-refractivity contribution in [2.45, 2.75) is 32.4 Å². The third kappa shape index (κ3) is 4.48. The smallest absolute Gasteiger partial charge is 0.262 e. The molecule has 0 spiro atoms. The Morgan fingerprint density at radius 3 is 2.70 bits per heavy atom. The second-order valence-corrected chi connectivity index (χ2v) is 6.80. The zero-order valence-electron chi connectivity index (χ0n) is 13.4. The minimum Gasteiger partial charge on any atom is -0.352 e. The highest BCUT2D eigenvalue weighted by atomic mass is 35.5. The van der Waals surface area contributed by atoms with Crippen molar-refractivity contribution in [3.63, 3.8) is 0 Å². The van der Waals surface area contributed by atoms with Crippen LogP contribution in [0.2, 0.25) is 5.02 Å². The van der Waals surface area contributed by atoms with E-state index in [-0.39, 0.29) is 18.2 Å². The lowest BCUT2D eigenvalue weighted by Gasteiger charge is -2.19. The Morgan fingerprint density at radius 1 is 1.39 bits per heavy atom. The monoisotopic (exact) mass is 353 g/mol. The van der Waals surface area contributed by atoms with Gasteiger partial charge in [-0.15, -0.1) is 0 Å². The summed E-state index contributed by atoms with van der Waals surface area (Å²) >= 11 is 7.40. The van der Waals surface area contributed by atoms with Crippen LogP contribution in [-0.2, 0) is 9.59 Å². The van der Waals surface area contributed by atoms with E-state index in [9.17, 15) is 9.59 Å². The second-order valence-electron chi connectivity index (χ2n) is 5.23. The van der Waals surface area contributed by atoms with Crippen molar-refractivity contribution < 1.29 is 9.59 Å². The first-order valence-corrected chi connectivity index (χ1v) is 8.80. The van der Waals surface area contributed by atoms with E-state index in [1.54, 1.807) is 12.1 Å². The first-order chi connectivity index (χ1) is 10.9. The predicted molar refractivity (Wildman–Crippen MR) is 96.2 cm³/mol. The molecule has 1 aromatic rings. The van der Waals surface area contributed by atoms with E-state index in [0.29, 0.717) is 15.9 Å². The summed E-state index contributed by atoms with van der Waals surface area (Å²) in [6.07, 6.45) is 0.100. The molecule has 124 valence electrons. The first kappa shape index (κ1) is 17.8. The lowest BCUT2D eigenvalue weighted by Crippen LogP contribution is -2.27. The highest BCUT2D eigenvalue weighted by Gasteiger charge is 2.32. The van der Waals surface area contributed by atoms with Crippen molar-refractivity contribution in [1.29, 1.82) is 0 Å². The van der Waals surface area contributed by atoms with Crippen molar-refractivity contribution in [3.05, 3.63) is 28.8 Å². The molecule has 0 saturated carbocycles. The van der Waals surface area contributed by atoms with Gasteiger partial charge >= 0.3 is 0 Å². The van der Waals surface area contributed by atoms with Crippen molar-refractivity contribution in [3.8, 4) is 0 Å². The summed E-state index contributed by atoms with van der Waals surface area (Å²) in [5, 5.41) is 3.63. The van der Waals surface area contributed by atoms with Crippen molar-refractivity contribution in [2.24, 2.45) is 4.99 Å². The summed E-state index contributed by atoms with van der Waals surface area (Å²) in [6.45, 7) is 7.50. The van der Waals surface area contributed by atoms with Crippen LogP contribution >= 0.6 is 23.4 Å². The normalized spacial score (nSPS) is 17.1. The maximum atomic E-state index is 12.1. The number of amides is 2. The average Bonchev–Trinajstić information content (AvgIpc) is 2.85. The molecule has 0 fully saturated rings. The Balaban J connectivity index is 1.94. The molecular weight excluding hydrogens is 334 g/mol. The largest absolute Gasteiger partial charge is 0.352 e. The molecule has 1 N–H and O–H groups in total. The third-order valence-corrected chi connectivity index (χ3v) is 5.21. The van der Waals surface area contributed by atoms with Gasteiger partial charge in [0, 0.05) is 30.2 Å². The molecule has 1 aliphatic rings. The molecule has 2 amide bonds. The highest BCUT2D eigenvalue weighted by Crippen LogP contribution is 2.27. The SMILES string of the molecule is CCN(CC)C1=NC(=O)[C@H](CC(=O)Nc2ccc(C)c(Cl)c2)S1. The Kier molecular flexibility index (Phi) is 6.07. The van der Waals surface area contributed by atoms with Crippen molar-refractivity contribution in [2.75, 3.05) is 18.4 Å². The molecule has 0 bridgehead atoms. The van der Waals surface area contributed by atoms with Gasteiger partial charge in [0.05, 0.1) is 0 Å². The number of carbonyl (C=O) groups excluding carboxylic acids is 2. The molecule has 1 aliphatic heterocycles. The topological polar surface area (TPSA) is 61.8 Å². The van der Waals surface area contributed by atoms with Gasteiger partial charge in [-0.1, -0.05) is 29.4 Å². The Labute approximate surface area is 145 Å². The van der Waals surface area contributed by atoms with Gasteiger partial charge in [-0.3, -0.25) is 9.59 Å². The number of rotatable bonds is 5. The van der Waals surface area contributed by atoms with E-state index in [2.05, 4.69) is 10.3 Å². The number of nitrogens with zero attached hydrogens (tertiary/aromatic N) is 2. The Morgan fingerprint density at radius 2 is 2.09 bits per heavy atom. The van der Waals surface area contributed by atoms with E-state index < -0.39 is 5.25 Å². The van der Waals surface area contributed by atoms with Gasteiger partial charge in [0.25, 0.3) is 5.91 Å². The van der Waals surface area contributed by atoms with E-state index in [1.165, 1.54) is 11.8 Å². The number of aliphatic imine (C=N–C) groups is 1. The number of hydrogen-bond acceptors (Lipinski definition) is 4. The van der Waals surface area contributed by atoms with Gasteiger partial charge in [0.15, 0.2) is 5.17 Å². The summed E-state index contributed by atoms with van der Waals surface area (Å²) in [6, 6.07) is 5.34. The fourth-order valence-electron chi connectivity index (χ4n) is 2.19. The molecule has 1 aromatic carbocycles. The lowest BCUT2D eigenvalue weighted by molar-refractivity contribution is -0.121. The van der Waals surface area contributed by atoms with Crippen LogP contribution in [0.1, 0.15) is 25.8 Å². The zero-order valence-corrected chi connectivity index (χ0v) is 15.0. The van der Waals surface area contributed by atoms with Crippen LogP contribution in [0, 0.1) is 6.92 Å². The molecule has 7 heteroatoms. The summed E-state index contributed by atoms with van der Waals surface area (Å²) in [5.41, 5.74) is 1.58. The predicted octanol–water partition coefficient (Wildman–Crippen LogP) is 3.32. The number of anilines is 1. The number of amidine groups is 1. The molecule has 0 radical (unpaired) electrons. The van der Waals surface area contributed by atoms with Crippen LogP contribution in [-0.4, -0.2) is 40.2 Å². The quantitative estimate of drug-likeness (QED) is 0.882. The maximum Gasteiger partial charge on any atom is 0.262 e. The lowest BCUT2D eigenvalue weighted by atomic mass is 10.2. The van der Waals surface area contributed by atoms with Gasteiger partial charge in [-0.25, -0.2) is 0 Å². The second kappa shape index (κ2) is 7.84. The van der Waals surface area contributed by atoms with Crippen LogP contribution in [0.3, 0.4) is 0 Å². The third-order valence-electron chi connectivity index (χ3n) is 3.59. The van der Waals surface area contributed by atoms with Crippen LogP contribution in [0.15, 0.2) is 23.2 Å².